The molecule has 0 unspecified atom stereocenters. The summed E-state index contributed by atoms with van der Waals surface area (Å²) in [7, 11) is -1.66. The van der Waals surface area contributed by atoms with Gasteiger partial charge in [-0.15, -0.1) is 13.2 Å². The summed E-state index contributed by atoms with van der Waals surface area (Å²) >= 11 is 0. The Hall–Kier alpha value is -3.19. The highest BCUT2D eigenvalue weighted by atomic mass is 32.2. The number of halogens is 3. The van der Waals surface area contributed by atoms with Gasteiger partial charge in [-0.05, 0) is 36.2 Å². The minimum Gasteiger partial charge on any atom is -0.406 e. The van der Waals surface area contributed by atoms with E-state index in [0.717, 1.165) is 0 Å². The molecule has 10 heteroatoms. The van der Waals surface area contributed by atoms with Gasteiger partial charge >= 0.3 is 6.36 Å². The minimum absolute atomic E-state index is 0.110. The predicted octanol–water partition coefficient (Wildman–Crippen LogP) is 4.16. The maximum absolute atomic E-state index is 12.6. The van der Waals surface area contributed by atoms with Gasteiger partial charge in [0.1, 0.15) is 11.8 Å². The number of aromatic nitrogens is 1. The van der Waals surface area contributed by atoms with E-state index >= 15 is 0 Å². The maximum Gasteiger partial charge on any atom is 0.573 e. The highest BCUT2D eigenvalue weighted by Gasteiger charge is 2.32. The van der Waals surface area contributed by atoms with Crippen LogP contribution in [-0.2, 0) is 17.1 Å². The molecule has 0 saturated carbocycles. The van der Waals surface area contributed by atoms with Gasteiger partial charge in [0.05, 0.1) is 28.2 Å². The van der Waals surface area contributed by atoms with E-state index in [1.165, 1.54) is 22.5 Å². The molecule has 2 heterocycles. The summed E-state index contributed by atoms with van der Waals surface area (Å²) in [5, 5.41) is 10.2. The molecular weight excluding hydrogens is 419 g/mol. The average molecular weight is 435 g/mol. The van der Waals surface area contributed by atoms with Crippen molar-refractivity contribution in [1.82, 2.24) is 4.57 Å². The molecule has 1 aliphatic heterocycles. The van der Waals surface area contributed by atoms with Gasteiger partial charge in [-0.2, -0.15) is 5.26 Å². The lowest BCUT2D eigenvalue weighted by molar-refractivity contribution is -0.274. The second-order valence-corrected chi connectivity index (χ2v) is 8.92. The molecule has 156 valence electrons. The van der Waals surface area contributed by atoms with Crippen LogP contribution < -0.4 is 9.04 Å². The lowest BCUT2D eigenvalue weighted by Gasteiger charge is -2.17. The zero-order valence-electron chi connectivity index (χ0n) is 15.8. The van der Waals surface area contributed by atoms with Gasteiger partial charge in [0.2, 0.25) is 10.0 Å². The molecule has 0 atom stereocenters. The van der Waals surface area contributed by atoms with Crippen molar-refractivity contribution in [2.75, 3.05) is 16.6 Å². The molecule has 1 aromatic heterocycles. The molecule has 1 saturated heterocycles. The number of sulfonamides is 1. The first kappa shape index (κ1) is 20.1. The van der Waals surface area contributed by atoms with Crippen LogP contribution in [0, 0.1) is 11.3 Å². The van der Waals surface area contributed by atoms with E-state index in [1.807, 2.05) is 0 Å². The molecular formula is C20H16F3N3O3S. The van der Waals surface area contributed by atoms with Crippen molar-refractivity contribution in [3.05, 3.63) is 48.0 Å². The Labute approximate surface area is 170 Å². The number of benzene rings is 2. The highest BCUT2D eigenvalue weighted by Crippen LogP contribution is 2.36. The van der Waals surface area contributed by atoms with Crippen LogP contribution in [0.2, 0.25) is 0 Å². The minimum atomic E-state index is -4.81. The second-order valence-electron chi connectivity index (χ2n) is 6.91. The summed E-state index contributed by atoms with van der Waals surface area (Å²) in [5.41, 5.74) is 2.42. The molecule has 1 fully saturated rings. The lowest BCUT2D eigenvalue weighted by Crippen LogP contribution is -2.24. The number of aryl methyl sites for hydroxylation is 1. The fourth-order valence-electron chi connectivity index (χ4n) is 3.78. The van der Waals surface area contributed by atoms with E-state index in [1.54, 1.807) is 35.9 Å². The average Bonchev–Trinajstić information content (AvgIpc) is 3.17. The van der Waals surface area contributed by atoms with E-state index in [0.29, 0.717) is 46.4 Å². The number of rotatable bonds is 3. The van der Waals surface area contributed by atoms with Crippen LogP contribution in [0.15, 0.2) is 42.5 Å². The summed E-state index contributed by atoms with van der Waals surface area (Å²) in [6.07, 6.45) is -4.25. The lowest BCUT2D eigenvalue weighted by atomic mass is 10.1. The van der Waals surface area contributed by atoms with Crippen molar-refractivity contribution in [2.45, 2.75) is 12.8 Å². The fourth-order valence-corrected chi connectivity index (χ4v) is 5.34. The van der Waals surface area contributed by atoms with Crippen molar-refractivity contribution >= 4 is 26.6 Å². The summed E-state index contributed by atoms with van der Waals surface area (Å²) < 4.78 is 68.8. The van der Waals surface area contributed by atoms with Gasteiger partial charge in [0, 0.05) is 25.0 Å². The van der Waals surface area contributed by atoms with E-state index in [4.69, 9.17) is 0 Å². The SMILES string of the molecule is Cn1c(-c2ccc(N3CCCS3(=O)=O)cc2)c(C#N)c2ccc(OC(F)(F)F)cc21. The van der Waals surface area contributed by atoms with Crippen LogP contribution in [0.4, 0.5) is 18.9 Å². The molecule has 0 radical (unpaired) electrons. The van der Waals surface area contributed by atoms with Crippen LogP contribution >= 0.6 is 0 Å². The molecule has 1 aliphatic rings. The third kappa shape index (κ3) is 3.45. The van der Waals surface area contributed by atoms with Gasteiger partial charge < -0.3 is 9.30 Å². The number of fused-ring (bicyclic) bond motifs is 1. The maximum atomic E-state index is 12.6. The van der Waals surface area contributed by atoms with E-state index in [2.05, 4.69) is 10.8 Å². The number of nitrogens with zero attached hydrogens (tertiary/aromatic N) is 3. The van der Waals surface area contributed by atoms with Gasteiger partial charge in [-0.1, -0.05) is 12.1 Å². The Morgan fingerprint density at radius 1 is 1.13 bits per heavy atom. The quantitative estimate of drug-likeness (QED) is 0.619. The molecule has 6 nitrogen and oxygen atoms in total. The smallest absolute Gasteiger partial charge is 0.406 e. The summed E-state index contributed by atoms with van der Waals surface area (Å²) in [5.74, 6) is -0.264. The van der Waals surface area contributed by atoms with Gasteiger partial charge in [-0.25, -0.2) is 8.42 Å². The van der Waals surface area contributed by atoms with Crippen molar-refractivity contribution in [1.29, 1.82) is 5.26 Å². The second kappa shape index (κ2) is 6.95. The first-order valence-electron chi connectivity index (χ1n) is 9.00. The van der Waals surface area contributed by atoms with E-state index in [9.17, 15) is 26.9 Å². The Bertz CT molecular complexity index is 1270. The largest absolute Gasteiger partial charge is 0.573 e. The molecule has 4 rings (SSSR count). The number of nitriles is 1. The van der Waals surface area contributed by atoms with Crippen molar-refractivity contribution in [2.24, 2.45) is 7.05 Å². The van der Waals surface area contributed by atoms with Crippen molar-refractivity contribution in [3.8, 4) is 23.1 Å². The number of anilines is 1. The van der Waals surface area contributed by atoms with Gasteiger partial charge in [-0.3, -0.25) is 4.31 Å². The van der Waals surface area contributed by atoms with Crippen molar-refractivity contribution < 1.29 is 26.3 Å². The van der Waals surface area contributed by atoms with Gasteiger partial charge in [0.25, 0.3) is 0 Å². The first-order chi connectivity index (χ1) is 14.1. The molecule has 0 N–H and O–H groups in total. The van der Waals surface area contributed by atoms with E-state index in [-0.39, 0.29) is 11.5 Å². The Kier molecular flexibility index (Phi) is 4.66. The third-order valence-corrected chi connectivity index (χ3v) is 6.92. The predicted molar refractivity (Wildman–Crippen MR) is 106 cm³/mol. The van der Waals surface area contributed by atoms with Crippen LogP contribution in [0.25, 0.3) is 22.2 Å². The Morgan fingerprint density at radius 2 is 1.83 bits per heavy atom. The Balaban J connectivity index is 1.79. The summed E-state index contributed by atoms with van der Waals surface area (Å²) in [4.78, 5) is 0. The topological polar surface area (TPSA) is 75.3 Å². The fraction of sp³-hybridized carbons (Fsp3) is 0.250. The van der Waals surface area contributed by atoms with Crippen LogP contribution in [0.3, 0.4) is 0 Å². The van der Waals surface area contributed by atoms with Crippen molar-refractivity contribution in [3.63, 3.8) is 0 Å². The molecule has 0 bridgehead atoms. The standard InChI is InChI=1S/C20H16F3N3O3S/c1-25-18-11-15(29-20(21,22)23)7-8-16(18)17(12-24)19(25)13-3-5-14(6-4-13)26-9-2-10-30(26,27)28/h3-8,11H,2,9-10H2,1H3. The summed E-state index contributed by atoms with van der Waals surface area (Å²) in [6, 6.07) is 12.7. The normalized spacial score (nSPS) is 16.0. The molecule has 0 amide bonds. The zero-order chi connectivity index (χ0) is 21.7. The monoisotopic (exact) mass is 435 g/mol. The molecule has 0 spiro atoms. The first-order valence-corrected chi connectivity index (χ1v) is 10.6. The zero-order valence-corrected chi connectivity index (χ0v) is 16.6. The molecule has 30 heavy (non-hydrogen) atoms. The van der Waals surface area contributed by atoms with Crippen LogP contribution in [0.1, 0.15) is 12.0 Å². The highest BCUT2D eigenvalue weighted by molar-refractivity contribution is 7.93. The van der Waals surface area contributed by atoms with Crippen LogP contribution in [0.5, 0.6) is 5.75 Å². The summed E-state index contributed by atoms with van der Waals surface area (Å²) in [6.45, 7) is 0.418. The number of ether oxygens (including phenoxy) is 1. The molecule has 0 aliphatic carbocycles. The van der Waals surface area contributed by atoms with E-state index < -0.39 is 16.4 Å². The van der Waals surface area contributed by atoms with Crippen LogP contribution in [-0.4, -0.2) is 31.6 Å². The number of hydrogen-bond donors (Lipinski definition) is 0. The Morgan fingerprint density at radius 3 is 2.40 bits per heavy atom. The molecule has 2 aromatic carbocycles. The number of alkyl halides is 3. The van der Waals surface area contributed by atoms with Gasteiger partial charge in [0.15, 0.2) is 0 Å². The molecule has 3 aromatic rings. The number of hydrogen-bond acceptors (Lipinski definition) is 4. The third-order valence-electron chi connectivity index (χ3n) is 5.05.